The Hall–Kier alpha value is -4.65. The number of carboxylic acid groups (broad SMARTS) is 1. The van der Waals surface area contributed by atoms with Gasteiger partial charge < -0.3 is 15.3 Å². The SMILES string of the molecule is O=C(O)C1=NN(c2ccccc2)C(=O)C1N=Nc1ccc(C([O-])=Nc2ccc3c([O-])c(N=Nc4ccccc4)c(S(=O)(=O)O)cc3c2)cc1.[Na+].[Na+]. The van der Waals surface area contributed by atoms with Crippen molar-refractivity contribution in [2.45, 2.75) is 10.9 Å². The molecule has 1 unspecified atom stereocenters. The first-order valence-corrected chi connectivity index (χ1v) is 15.6. The van der Waals surface area contributed by atoms with Gasteiger partial charge in [0.05, 0.1) is 28.4 Å². The Morgan fingerprint density at radius 1 is 0.804 bits per heavy atom. The second-order valence-corrected chi connectivity index (χ2v) is 11.7. The van der Waals surface area contributed by atoms with Crippen LogP contribution in [0.25, 0.3) is 10.8 Å². The quantitative estimate of drug-likeness (QED) is 0.0626. The zero-order chi connectivity index (χ0) is 34.7. The third-order valence-electron chi connectivity index (χ3n) is 7.08. The Kier molecular flexibility index (Phi) is 12.7. The molecule has 5 aromatic rings. The van der Waals surface area contributed by atoms with Crippen LogP contribution in [0.2, 0.25) is 0 Å². The third-order valence-corrected chi connectivity index (χ3v) is 7.94. The van der Waals surface area contributed by atoms with Crippen molar-refractivity contribution >= 4 is 72.8 Å². The summed E-state index contributed by atoms with van der Waals surface area (Å²) in [5, 5.41) is 56.3. The van der Waals surface area contributed by atoms with Crippen LogP contribution in [0.5, 0.6) is 5.75 Å². The minimum Gasteiger partial charge on any atom is -0.871 e. The molecule has 1 aliphatic rings. The predicted octanol–water partition coefficient (Wildman–Crippen LogP) is -1.04. The molecule has 0 spiro atoms. The Morgan fingerprint density at radius 3 is 2.04 bits per heavy atom. The molecular weight excluding hydrogens is 700 g/mol. The van der Waals surface area contributed by atoms with Gasteiger partial charge in [0.15, 0.2) is 5.71 Å². The first kappa shape index (κ1) is 39.1. The fourth-order valence-electron chi connectivity index (χ4n) is 4.73. The smallest absolute Gasteiger partial charge is 0.871 e. The number of carbonyl (C=O) groups is 2. The molecule has 1 atom stereocenters. The molecule has 0 saturated heterocycles. The molecule has 1 aliphatic heterocycles. The molecule has 244 valence electrons. The number of hydrogen-bond donors (Lipinski definition) is 2. The van der Waals surface area contributed by atoms with Crippen molar-refractivity contribution in [3.8, 4) is 5.75 Å². The maximum atomic E-state index is 13.2. The number of fused-ring (bicyclic) bond motifs is 1. The molecule has 5 aromatic carbocycles. The summed E-state index contributed by atoms with van der Waals surface area (Å²) in [7, 11) is -4.90. The summed E-state index contributed by atoms with van der Waals surface area (Å²) in [6.45, 7) is 0. The van der Waals surface area contributed by atoms with Crippen molar-refractivity contribution in [2.75, 3.05) is 5.01 Å². The molecular formula is C33H21N7Na2O8S. The summed E-state index contributed by atoms with van der Waals surface area (Å²) in [5.74, 6) is -3.63. The van der Waals surface area contributed by atoms with E-state index in [1.807, 2.05) is 0 Å². The van der Waals surface area contributed by atoms with Gasteiger partial charge in [-0.25, -0.2) is 4.79 Å². The molecule has 0 bridgehead atoms. The number of hydrazone groups is 1. The first-order valence-electron chi connectivity index (χ1n) is 14.2. The number of para-hydroxylation sites is 1. The van der Waals surface area contributed by atoms with Crippen molar-refractivity contribution in [3.05, 3.63) is 115 Å². The summed E-state index contributed by atoms with van der Waals surface area (Å²) < 4.78 is 34.2. The van der Waals surface area contributed by atoms with Gasteiger partial charge in [-0.3, -0.25) is 14.3 Å². The topological polar surface area (TPSA) is 232 Å². The molecule has 1 heterocycles. The fourth-order valence-corrected chi connectivity index (χ4v) is 5.38. The number of aliphatic carboxylic acids is 1. The second-order valence-electron chi connectivity index (χ2n) is 10.3. The summed E-state index contributed by atoms with van der Waals surface area (Å²) >= 11 is 0. The van der Waals surface area contributed by atoms with Crippen molar-refractivity contribution < 1.29 is 97.0 Å². The molecule has 2 N–H and O–H groups in total. The summed E-state index contributed by atoms with van der Waals surface area (Å²) in [6.07, 6.45) is 0. The Labute approximate surface area is 334 Å². The normalized spacial score (nSPS) is 14.8. The monoisotopic (exact) mass is 721 g/mol. The van der Waals surface area contributed by atoms with E-state index in [-0.39, 0.29) is 86.8 Å². The molecule has 1 amide bonds. The number of aliphatic imine (C=N–C) groups is 1. The van der Waals surface area contributed by atoms with E-state index in [4.69, 9.17) is 0 Å². The largest absolute Gasteiger partial charge is 1.00 e. The summed E-state index contributed by atoms with van der Waals surface area (Å²) in [4.78, 5) is 27.9. The minimum atomic E-state index is -4.90. The molecule has 18 heteroatoms. The van der Waals surface area contributed by atoms with E-state index in [9.17, 15) is 37.9 Å². The number of carbonyl (C=O) groups excluding carboxylic acids is 1. The predicted molar refractivity (Wildman–Crippen MR) is 174 cm³/mol. The van der Waals surface area contributed by atoms with Gasteiger partial charge >= 0.3 is 65.1 Å². The first-order chi connectivity index (χ1) is 23.5. The van der Waals surface area contributed by atoms with Crippen molar-refractivity contribution in [1.29, 1.82) is 0 Å². The molecule has 0 aliphatic carbocycles. The Bertz CT molecular complexity index is 2340. The molecule has 0 fully saturated rings. The third kappa shape index (κ3) is 8.81. The van der Waals surface area contributed by atoms with Crippen molar-refractivity contribution in [2.24, 2.45) is 30.6 Å². The van der Waals surface area contributed by atoms with Crippen LogP contribution in [-0.4, -0.2) is 47.6 Å². The van der Waals surface area contributed by atoms with Gasteiger partial charge in [-0.1, -0.05) is 60.3 Å². The van der Waals surface area contributed by atoms with Gasteiger partial charge in [0.1, 0.15) is 4.90 Å². The zero-order valence-corrected chi connectivity index (χ0v) is 31.7. The van der Waals surface area contributed by atoms with Crippen LogP contribution in [0.1, 0.15) is 5.56 Å². The second kappa shape index (κ2) is 16.6. The number of hydrogen-bond acceptors (Lipinski definition) is 12. The van der Waals surface area contributed by atoms with Gasteiger partial charge in [0, 0.05) is 0 Å². The molecule has 0 saturated carbocycles. The van der Waals surface area contributed by atoms with E-state index >= 15 is 0 Å². The van der Waals surface area contributed by atoms with E-state index in [0.29, 0.717) is 11.4 Å². The van der Waals surface area contributed by atoms with Gasteiger partial charge in [-0.15, -0.1) is 5.11 Å². The molecule has 6 rings (SSSR count). The molecule has 15 nitrogen and oxygen atoms in total. The van der Waals surface area contributed by atoms with Gasteiger partial charge in [-0.2, -0.15) is 33.9 Å². The average molecular weight is 722 g/mol. The van der Waals surface area contributed by atoms with E-state index in [1.165, 1.54) is 42.5 Å². The number of amides is 1. The summed E-state index contributed by atoms with van der Waals surface area (Å²) in [5.41, 5.74) is 0.0622. The Balaban J connectivity index is 0.00000292. The maximum absolute atomic E-state index is 13.2. The van der Waals surface area contributed by atoms with E-state index in [2.05, 4.69) is 30.6 Å². The van der Waals surface area contributed by atoms with Crippen LogP contribution in [0.15, 0.2) is 145 Å². The van der Waals surface area contributed by atoms with Crippen LogP contribution >= 0.6 is 0 Å². The van der Waals surface area contributed by atoms with Gasteiger partial charge in [0.2, 0.25) is 6.04 Å². The molecule has 0 radical (unpaired) electrons. The fraction of sp³-hybridized carbons (Fsp3) is 0.0303. The number of benzene rings is 5. The standard InChI is InChI=1S/C33H23N7O8S.2Na/c41-30-25-16-15-23(17-20(25)18-26(49(46,47)48)27(30)37-35-21-7-3-1-4-8-21)34-31(42)19-11-13-22(14-12-19)36-38-28-29(33(44)45)39-40(32(28)43)24-9-5-2-6-10-24;;/h1-18,28,41H,(H,34,42)(H,44,45)(H,46,47,48);;/q;2*+1/p-2. The number of carboxylic acids is 1. The van der Waals surface area contributed by atoms with Crippen LogP contribution < -0.4 is 74.3 Å². The molecule has 0 aromatic heterocycles. The number of rotatable bonds is 9. The van der Waals surface area contributed by atoms with Crippen LogP contribution in [-0.2, 0) is 19.7 Å². The van der Waals surface area contributed by atoms with E-state index in [0.717, 1.165) is 11.1 Å². The van der Waals surface area contributed by atoms with Crippen LogP contribution in [0.3, 0.4) is 0 Å². The number of anilines is 1. The Morgan fingerprint density at radius 2 is 1.41 bits per heavy atom. The van der Waals surface area contributed by atoms with Gasteiger partial charge in [-0.05, 0) is 76.8 Å². The average Bonchev–Trinajstić information content (AvgIpc) is 3.43. The summed E-state index contributed by atoms with van der Waals surface area (Å²) in [6, 6.07) is 25.7. The van der Waals surface area contributed by atoms with E-state index < -0.39 is 56.0 Å². The molecule has 51 heavy (non-hydrogen) atoms. The van der Waals surface area contributed by atoms with Crippen LogP contribution in [0.4, 0.5) is 28.4 Å². The minimum absolute atomic E-state index is 0. The zero-order valence-electron chi connectivity index (χ0n) is 26.9. The van der Waals surface area contributed by atoms with Crippen molar-refractivity contribution in [3.63, 3.8) is 0 Å². The van der Waals surface area contributed by atoms with Crippen LogP contribution in [0, 0.1) is 0 Å². The maximum Gasteiger partial charge on any atom is 1.00 e. The van der Waals surface area contributed by atoms with E-state index in [1.54, 1.807) is 60.7 Å². The van der Waals surface area contributed by atoms with Crippen molar-refractivity contribution in [1.82, 2.24) is 0 Å². The van der Waals surface area contributed by atoms with Gasteiger partial charge in [0.25, 0.3) is 16.0 Å². The number of nitrogens with zero attached hydrogens (tertiary/aromatic N) is 7. The number of azo groups is 2.